The molecule has 0 saturated carbocycles. The van der Waals surface area contributed by atoms with Gasteiger partial charge in [0, 0.05) is 5.69 Å². The van der Waals surface area contributed by atoms with Crippen molar-refractivity contribution >= 4 is 33.2 Å². The Morgan fingerprint density at radius 1 is 1.03 bits per heavy atom. The zero-order valence-corrected chi connectivity index (χ0v) is 16.8. The molecule has 1 atom stereocenters. The quantitative estimate of drug-likeness (QED) is 0.561. The fraction of sp³-hybridized carbons (Fsp3) is 0.222. The number of anilines is 2. The Morgan fingerprint density at radius 3 is 2.20 bits per heavy atom. The van der Waals surface area contributed by atoms with E-state index in [4.69, 9.17) is 5.14 Å². The summed E-state index contributed by atoms with van der Waals surface area (Å²) in [5.41, 5.74) is -0.222. The van der Waals surface area contributed by atoms with Crippen LogP contribution in [0.4, 0.5) is 24.5 Å². The van der Waals surface area contributed by atoms with Gasteiger partial charge in [-0.05, 0) is 50.4 Å². The molecule has 2 aromatic carbocycles. The summed E-state index contributed by atoms with van der Waals surface area (Å²) >= 11 is 0. The number of nitrogens with one attached hydrogen (secondary N) is 2. The number of halogens is 3. The van der Waals surface area contributed by atoms with Crippen LogP contribution in [0.15, 0.2) is 41.3 Å². The number of rotatable bonds is 7. The third kappa shape index (κ3) is 5.78. The van der Waals surface area contributed by atoms with Crippen LogP contribution in [0.1, 0.15) is 6.92 Å². The highest BCUT2D eigenvalue weighted by molar-refractivity contribution is 7.89. The van der Waals surface area contributed by atoms with Crippen molar-refractivity contribution < 1.29 is 31.2 Å². The molecule has 0 aromatic heterocycles. The van der Waals surface area contributed by atoms with Crippen LogP contribution >= 0.6 is 0 Å². The number of sulfonamides is 1. The number of hydrogen-bond donors (Lipinski definition) is 3. The molecule has 8 nitrogen and oxygen atoms in total. The van der Waals surface area contributed by atoms with E-state index < -0.39 is 51.0 Å². The second-order valence-electron chi connectivity index (χ2n) is 6.42. The van der Waals surface area contributed by atoms with E-state index in [0.29, 0.717) is 11.8 Å². The van der Waals surface area contributed by atoms with E-state index in [2.05, 4.69) is 10.6 Å². The van der Waals surface area contributed by atoms with Crippen molar-refractivity contribution in [1.29, 1.82) is 0 Å². The van der Waals surface area contributed by atoms with Gasteiger partial charge in [-0.2, -0.15) is 0 Å². The standard InChI is InChI=1S/C18H19F3N4O4S/c1-10(18(27)23-11-3-5-12(6-4-11)30(22,28)29)25(2)9-15(26)24-14-8-7-13(19)16(20)17(14)21/h3-8,10H,9H2,1-2H3,(H,23,27)(H,24,26)(H2,22,28,29)/t10-/m1/s1. The van der Waals surface area contributed by atoms with E-state index in [9.17, 15) is 31.2 Å². The first-order chi connectivity index (χ1) is 13.9. The van der Waals surface area contributed by atoms with Gasteiger partial charge in [0.1, 0.15) is 0 Å². The van der Waals surface area contributed by atoms with E-state index in [1.54, 1.807) is 0 Å². The fourth-order valence-corrected chi connectivity index (χ4v) is 2.87. The molecule has 0 unspecified atom stereocenters. The van der Waals surface area contributed by atoms with Gasteiger partial charge < -0.3 is 10.6 Å². The molecular formula is C18H19F3N4O4S. The van der Waals surface area contributed by atoms with Crippen LogP contribution in [0.5, 0.6) is 0 Å². The number of likely N-dealkylation sites (N-methyl/N-ethyl adjacent to an activating group) is 1. The zero-order valence-electron chi connectivity index (χ0n) is 15.9. The number of carbonyl (C=O) groups excluding carboxylic acids is 2. The number of benzene rings is 2. The highest BCUT2D eigenvalue weighted by Gasteiger charge is 2.22. The molecule has 0 radical (unpaired) electrons. The molecular weight excluding hydrogens is 425 g/mol. The highest BCUT2D eigenvalue weighted by atomic mass is 32.2. The Balaban J connectivity index is 1.96. The van der Waals surface area contributed by atoms with Gasteiger partial charge in [0.05, 0.1) is 23.2 Å². The zero-order chi connectivity index (χ0) is 22.6. The van der Waals surface area contributed by atoms with Gasteiger partial charge in [-0.25, -0.2) is 26.7 Å². The lowest BCUT2D eigenvalue weighted by molar-refractivity contribution is -0.122. The average Bonchev–Trinajstić information content (AvgIpc) is 2.67. The van der Waals surface area contributed by atoms with E-state index >= 15 is 0 Å². The molecule has 12 heteroatoms. The number of amides is 2. The summed E-state index contributed by atoms with van der Waals surface area (Å²) in [7, 11) is -2.41. The molecule has 0 heterocycles. The topological polar surface area (TPSA) is 122 Å². The molecule has 0 aliphatic carbocycles. The van der Waals surface area contributed by atoms with Crippen molar-refractivity contribution in [2.75, 3.05) is 24.2 Å². The molecule has 0 saturated heterocycles. The van der Waals surface area contributed by atoms with Gasteiger partial charge in [0.25, 0.3) is 0 Å². The second-order valence-corrected chi connectivity index (χ2v) is 7.98. The van der Waals surface area contributed by atoms with Crippen LogP contribution in [0.2, 0.25) is 0 Å². The summed E-state index contributed by atoms with van der Waals surface area (Å²) in [4.78, 5) is 25.6. The van der Waals surface area contributed by atoms with Crippen LogP contribution < -0.4 is 15.8 Å². The molecule has 0 aliphatic rings. The Hall–Kier alpha value is -2.96. The lowest BCUT2D eigenvalue weighted by Crippen LogP contribution is -2.43. The molecule has 0 spiro atoms. The normalized spacial score (nSPS) is 12.5. The van der Waals surface area contributed by atoms with Crippen molar-refractivity contribution in [1.82, 2.24) is 4.90 Å². The van der Waals surface area contributed by atoms with Crippen molar-refractivity contribution in [3.8, 4) is 0 Å². The van der Waals surface area contributed by atoms with Crippen LogP contribution in [-0.4, -0.2) is 44.8 Å². The van der Waals surface area contributed by atoms with Crippen molar-refractivity contribution in [2.24, 2.45) is 5.14 Å². The van der Waals surface area contributed by atoms with Gasteiger partial charge in [-0.1, -0.05) is 0 Å². The van der Waals surface area contributed by atoms with Gasteiger partial charge in [0.15, 0.2) is 17.5 Å². The molecule has 0 fully saturated rings. The monoisotopic (exact) mass is 444 g/mol. The number of hydrogen-bond acceptors (Lipinski definition) is 5. The van der Waals surface area contributed by atoms with Gasteiger partial charge in [0.2, 0.25) is 21.8 Å². The molecule has 4 N–H and O–H groups in total. The molecule has 30 heavy (non-hydrogen) atoms. The fourth-order valence-electron chi connectivity index (χ4n) is 2.35. The third-order valence-corrected chi connectivity index (χ3v) is 5.12. The molecule has 2 aromatic rings. The molecule has 162 valence electrons. The SMILES string of the molecule is C[C@H](C(=O)Nc1ccc(S(N)(=O)=O)cc1)N(C)CC(=O)Nc1ccc(F)c(F)c1F. The van der Waals surface area contributed by atoms with Crippen LogP contribution in [-0.2, 0) is 19.6 Å². The van der Waals surface area contributed by atoms with Crippen molar-refractivity contribution in [3.63, 3.8) is 0 Å². The first kappa shape index (κ1) is 23.3. The number of nitrogens with zero attached hydrogens (tertiary/aromatic N) is 1. The minimum absolute atomic E-state index is 0.119. The van der Waals surface area contributed by atoms with Crippen LogP contribution in [0, 0.1) is 17.5 Å². The Labute approximate surface area is 170 Å². The van der Waals surface area contributed by atoms with Crippen LogP contribution in [0.3, 0.4) is 0 Å². The lowest BCUT2D eigenvalue weighted by Gasteiger charge is -2.23. The molecule has 2 rings (SSSR count). The van der Waals surface area contributed by atoms with Crippen LogP contribution in [0.25, 0.3) is 0 Å². The second kappa shape index (κ2) is 9.24. The summed E-state index contributed by atoms with van der Waals surface area (Å²) in [6.45, 7) is 1.15. The summed E-state index contributed by atoms with van der Waals surface area (Å²) < 4.78 is 62.3. The minimum atomic E-state index is -3.86. The highest BCUT2D eigenvalue weighted by Crippen LogP contribution is 2.19. The van der Waals surface area contributed by atoms with Crippen molar-refractivity contribution in [2.45, 2.75) is 17.9 Å². The maximum atomic E-state index is 13.6. The summed E-state index contributed by atoms with van der Waals surface area (Å²) in [5.74, 6) is -5.88. The Kier molecular flexibility index (Phi) is 7.18. The summed E-state index contributed by atoms with van der Waals surface area (Å²) in [6, 6.07) is 5.89. The van der Waals surface area contributed by atoms with E-state index in [1.807, 2.05) is 0 Å². The minimum Gasteiger partial charge on any atom is -0.325 e. The predicted molar refractivity (Wildman–Crippen MR) is 103 cm³/mol. The number of nitrogens with two attached hydrogens (primary N) is 1. The summed E-state index contributed by atoms with van der Waals surface area (Å²) in [5, 5.41) is 9.66. The molecule has 2 amide bonds. The molecule has 0 bridgehead atoms. The number of carbonyl (C=O) groups is 2. The maximum absolute atomic E-state index is 13.6. The third-order valence-electron chi connectivity index (χ3n) is 4.19. The van der Waals surface area contributed by atoms with E-state index in [-0.39, 0.29) is 11.4 Å². The molecule has 0 aliphatic heterocycles. The lowest BCUT2D eigenvalue weighted by atomic mass is 10.2. The Bertz CT molecular complexity index is 1060. The van der Waals surface area contributed by atoms with E-state index in [1.165, 1.54) is 43.1 Å². The van der Waals surface area contributed by atoms with Gasteiger partial charge in [-0.15, -0.1) is 0 Å². The van der Waals surface area contributed by atoms with Gasteiger partial charge in [-0.3, -0.25) is 14.5 Å². The smallest absolute Gasteiger partial charge is 0.241 e. The van der Waals surface area contributed by atoms with Crippen molar-refractivity contribution in [3.05, 3.63) is 53.8 Å². The Morgan fingerprint density at radius 2 is 1.63 bits per heavy atom. The first-order valence-electron chi connectivity index (χ1n) is 8.47. The van der Waals surface area contributed by atoms with Gasteiger partial charge >= 0.3 is 0 Å². The number of primary sulfonamides is 1. The average molecular weight is 444 g/mol. The van der Waals surface area contributed by atoms with E-state index in [0.717, 1.165) is 6.07 Å². The summed E-state index contributed by atoms with van der Waals surface area (Å²) in [6.07, 6.45) is 0. The first-order valence-corrected chi connectivity index (χ1v) is 10.0. The predicted octanol–water partition coefficient (Wildman–Crippen LogP) is 1.65. The maximum Gasteiger partial charge on any atom is 0.241 e. The largest absolute Gasteiger partial charge is 0.325 e.